The lowest BCUT2D eigenvalue weighted by Crippen LogP contribution is -2.45. The Morgan fingerprint density at radius 2 is 2.07 bits per heavy atom. The van der Waals surface area contributed by atoms with Gasteiger partial charge >= 0.3 is 0 Å². The minimum atomic E-state index is -3.40. The monoisotopic (exact) mass is 224 g/mol. The van der Waals surface area contributed by atoms with Crippen LogP contribution in [0.15, 0.2) is 0 Å². The first kappa shape index (κ1) is 13.3. The van der Waals surface area contributed by atoms with Crippen LogP contribution in [0, 0.1) is 0 Å². The van der Waals surface area contributed by atoms with Gasteiger partial charge in [0.2, 0.25) is 10.0 Å². The third-order valence-corrected chi connectivity index (χ3v) is 4.05. The Morgan fingerprint density at radius 1 is 1.57 bits per heavy atom. The van der Waals surface area contributed by atoms with Crippen molar-refractivity contribution in [1.82, 2.24) is 9.79 Å². The van der Waals surface area contributed by atoms with Crippen molar-refractivity contribution in [2.75, 3.05) is 12.8 Å². The van der Waals surface area contributed by atoms with Crippen molar-refractivity contribution in [3.8, 4) is 0 Å². The van der Waals surface area contributed by atoms with Gasteiger partial charge in [-0.15, -0.1) is 0 Å². The van der Waals surface area contributed by atoms with Gasteiger partial charge in [0, 0.05) is 7.05 Å². The molecule has 0 heterocycles. The molecule has 6 nitrogen and oxygen atoms in total. The number of hydrogen-bond donors (Lipinski definition) is 2. The topological polar surface area (TPSA) is 86.7 Å². The third kappa shape index (κ3) is 3.24. The molecule has 7 heteroatoms. The molecule has 0 saturated carbocycles. The van der Waals surface area contributed by atoms with Crippen molar-refractivity contribution in [2.24, 2.45) is 0 Å². The summed E-state index contributed by atoms with van der Waals surface area (Å²) in [5.74, 6) is -0.751. The molecule has 0 fully saturated rings. The summed E-state index contributed by atoms with van der Waals surface area (Å²) in [5, 5.41) is 8.33. The number of rotatable bonds is 5. The normalized spacial score (nSPS) is 14.1. The fourth-order valence-electron chi connectivity index (χ4n) is 0.901. The summed E-state index contributed by atoms with van der Waals surface area (Å²) >= 11 is 0. The molecular formula is C7H16N2O4S. The number of likely N-dealkylation sites (N-methyl/N-ethyl adjacent to an activating group) is 1. The van der Waals surface area contributed by atoms with E-state index in [1.54, 1.807) is 6.92 Å². The van der Waals surface area contributed by atoms with Crippen LogP contribution in [0.4, 0.5) is 0 Å². The van der Waals surface area contributed by atoms with Gasteiger partial charge in [-0.1, -0.05) is 6.92 Å². The van der Waals surface area contributed by atoms with Crippen LogP contribution in [0.3, 0.4) is 0 Å². The first-order valence-corrected chi connectivity index (χ1v) is 5.87. The maximum Gasteiger partial charge on any atom is 0.261 e. The summed E-state index contributed by atoms with van der Waals surface area (Å²) in [6.07, 6.45) is 0.486. The van der Waals surface area contributed by atoms with E-state index in [1.165, 1.54) is 19.5 Å². The molecule has 0 aliphatic rings. The predicted octanol–water partition coefficient (Wildman–Crippen LogP) is -0.448. The van der Waals surface area contributed by atoms with Gasteiger partial charge in [0.15, 0.2) is 0 Å². The molecule has 0 spiro atoms. The third-order valence-electron chi connectivity index (χ3n) is 1.94. The van der Waals surface area contributed by atoms with Gasteiger partial charge in [-0.05, 0) is 13.3 Å². The molecule has 1 atom stereocenters. The van der Waals surface area contributed by atoms with E-state index >= 15 is 0 Å². The van der Waals surface area contributed by atoms with Crippen LogP contribution in [0.25, 0.3) is 0 Å². The fourth-order valence-corrected chi connectivity index (χ4v) is 2.28. The number of hydrogen-bond acceptors (Lipinski definition) is 4. The number of nitrogens with zero attached hydrogens (tertiary/aromatic N) is 1. The van der Waals surface area contributed by atoms with Crippen LogP contribution >= 0.6 is 0 Å². The Labute approximate surface area is 83.9 Å². The van der Waals surface area contributed by atoms with E-state index in [0.717, 1.165) is 4.31 Å². The molecule has 2 N–H and O–H groups in total. The second-order valence-corrected chi connectivity index (χ2v) is 5.13. The van der Waals surface area contributed by atoms with E-state index in [1.807, 2.05) is 0 Å². The molecule has 84 valence electrons. The second kappa shape index (κ2) is 5.28. The van der Waals surface area contributed by atoms with Gasteiger partial charge in [-0.2, -0.15) is 4.31 Å². The summed E-state index contributed by atoms with van der Waals surface area (Å²) in [6, 6.07) is -0.906. The highest BCUT2D eigenvalue weighted by molar-refractivity contribution is 7.89. The number of nitrogens with one attached hydrogen (secondary N) is 1. The van der Waals surface area contributed by atoms with Gasteiger partial charge in [0.1, 0.15) is 6.04 Å². The van der Waals surface area contributed by atoms with Crippen molar-refractivity contribution >= 4 is 15.9 Å². The molecule has 0 aromatic carbocycles. The molecule has 1 unspecified atom stereocenters. The van der Waals surface area contributed by atoms with Gasteiger partial charge in [0.25, 0.3) is 5.91 Å². The minimum Gasteiger partial charge on any atom is -0.289 e. The van der Waals surface area contributed by atoms with Crippen molar-refractivity contribution in [1.29, 1.82) is 0 Å². The van der Waals surface area contributed by atoms with Crippen LogP contribution in [-0.2, 0) is 14.8 Å². The van der Waals surface area contributed by atoms with E-state index in [0.29, 0.717) is 6.42 Å². The average molecular weight is 224 g/mol. The Hall–Kier alpha value is -0.660. The standard InChI is InChI=1S/C7H16N2O4S/c1-4-5-14(12,13)9(3)6(2)7(10)8-11/h6,11H,4-5H2,1-3H3,(H,8,10). The SMILES string of the molecule is CCCS(=O)(=O)N(C)C(C)C(=O)NO. The zero-order valence-electron chi connectivity index (χ0n) is 8.52. The van der Waals surface area contributed by atoms with Crippen LogP contribution in [0.1, 0.15) is 20.3 Å². The molecule has 0 aromatic heterocycles. The lowest BCUT2D eigenvalue weighted by molar-refractivity contribution is -0.132. The Kier molecular flexibility index (Phi) is 5.03. The predicted molar refractivity (Wildman–Crippen MR) is 51.2 cm³/mol. The number of carbonyl (C=O) groups is 1. The van der Waals surface area contributed by atoms with Crippen LogP contribution < -0.4 is 5.48 Å². The van der Waals surface area contributed by atoms with E-state index in [4.69, 9.17) is 5.21 Å². The molecule has 0 aliphatic heterocycles. The van der Waals surface area contributed by atoms with Gasteiger partial charge < -0.3 is 0 Å². The number of amides is 1. The molecule has 1 amide bonds. The maximum absolute atomic E-state index is 11.5. The highest BCUT2D eigenvalue weighted by Crippen LogP contribution is 2.05. The molecule has 0 rings (SSSR count). The number of hydroxylamine groups is 1. The zero-order chi connectivity index (χ0) is 11.4. The summed E-state index contributed by atoms with van der Waals surface area (Å²) in [4.78, 5) is 10.9. The second-order valence-electron chi connectivity index (χ2n) is 2.98. The van der Waals surface area contributed by atoms with Crippen molar-refractivity contribution in [2.45, 2.75) is 26.3 Å². The zero-order valence-corrected chi connectivity index (χ0v) is 9.34. The molecule has 0 radical (unpaired) electrons. The fraction of sp³-hybridized carbons (Fsp3) is 0.857. The Balaban J connectivity index is 4.61. The maximum atomic E-state index is 11.5. The lowest BCUT2D eigenvalue weighted by Gasteiger charge is -2.21. The Bertz CT molecular complexity index is 288. The van der Waals surface area contributed by atoms with Crippen molar-refractivity contribution in [3.05, 3.63) is 0 Å². The van der Waals surface area contributed by atoms with Gasteiger partial charge in [-0.3, -0.25) is 10.0 Å². The van der Waals surface area contributed by atoms with Crippen LogP contribution in [0.2, 0.25) is 0 Å². The minimum absolute atomic E-state index is 0.00739. The highest BCUT2D eigenvalue weighted by atomic mass is 32.2. The van der Waals surface area contributed by atoms with Crippen LogP contribution in [0.5, 0.6) is 0 Å². The van der Waals surface area contributed by atoms with Gasteiger partial charge in [0.05, 0.1) is 5.75 Å². The van der Waals surface area contributed by atoms with E-state index in [2.05, 4.69) is 0 Å². The summed E-state index contributed by atoms with van der Waals surface area (Å²) in [6.45, 7) is 3.14. The molecule has 0 saturated heterocycles. The summed E-state index contributed by atoms with van der Waals surface area (Å²) < 4.78 is 23.9. The van der Waals surface area contributed by atoms with Crippen molar-refractivity contribution in [3.63, 3.8) is 0 Å². The van der Waals surface area contributed by atoms with E-state index in [-0.39, 0.29) is 5.75 Å². The molecule has 14 heavy (non-hydrogen) atoms. The first-order chi connectivity index (χ1) is 6.36. The molecule has 0 bridgehead atoms. The number of carbonyl (C=O) groups excluding carboxylic acids is 1. The summed E-state index contributed by atoms with van der Waals surface area (Å²) in [5.41, 5.74) is 1.41. The number of sulfonamides is 1. The van der Waals surface area contributed by atoms with Crippen LogP contribution in [-0.4, -0.2) is 42.7 Å². The summed E-state index contributed by atoms with van der Waals surface area (Å²) in [7, 11) is -2.09. The largest absolute Gasteiger partial charge is 0.289 e. The average Bonchev–Trinajstić information content (AvgIpc) is 2.14. The highest BCUT2D eigenvalue weighted by Gasteiger charge is 2.26. The first-order valence-electron chi connectivity index (χ1n) is 4.26. The smallest absolute Gasteiger partial charge is 0.261 e. The van der Waals surface area contributed by atoms with Crippen molar-refractivity contribution < 1.29 is 18.4 Å². The lowest BCUT2D eigenvalue weighted by atomic mass is 10.3. The molecule has 0 aromatic rings. The molecule has 0 aliphatic carbocycles. The molecular weight excluding hydrogens is 208 g/mol. The van der Waals surface area contributed by atoms with E-state index < -0.39 is 22.0 Å². The van der Waals surface area contributed by atoms with E-state index in [9.17, 15) is 13.2 Å². The van der Waals surface area contributed by atoms with Gasteiger partial charge in [-0.25, -0.2) is 13.9 Å². The Morgan fingerprint density at radius 3 is 2.43 bits per heavy atom. The quantitative estimate of drug-likeness (QED) is 0.489.